The second kappa shape index (κ2) is 4.23. The van der Waals surface area contributed by atoms with Gasteiger partial charge in [0.1, 0.15) is 19.0 Å². The Bertz CT molecular complexity index is 849. The molecule has 1 aromatic carbocycles. The average molecular weight is 263 g/mol. The molecular weight excluding hydrogens is 254 g/mol. The van der Waals surface area contributed by atoms with Crippen molar-refractivity contribution in [1.82, 2.24) is 34.5 Å². The summed E-state index contributed by atoms with van der Waals surface area (Å²) in [5.41, 5.74) is 1.68. The minimum atomic E-state index is 0.662. The van der Waals surface area contributed by atoms with E-state index in [1.807, 2.05) is 30.3 Å². The van der Waals surface area contributed by atoms with Gasteiger partial charge in [0.05, 0.1) is 17.3 Å². The molecule has 7 heteroatoms. The van der Waals surface area contributed by atoms with Gasteiger partial charge in [0.2, 0.25) is 0 Å². The minimum absolute atomic E-state index is 0.662. The molecular formula is C13H9N7. The van der Waals surface area contributed by atoms with Crippen molar-refractivity contribution in [2.75, 3.05) is 0 Å². The molecule has 0 saturated carbocycles. The van der Waals surface area contributed by atoms with E-state index in [4.69, 9.17) is 0 Å². The molecule has 0 aliphatic heterocycles. The minimum Gasteiger partial charge on any atom is -0.223 e. The molecule has 3 heterocycles. The van der Waals surface area contributed by atoms with Crippen molar-refractivity contribution in [3.63, 3.8) is 0 Å². The first-order chi connectivity index (χ1) is 9.93. The van der Waals surface area contributed by atoms with Crippen LogP contribution in [-0.2, 0) is 0 Å². The maximum Gasteiger partial charge on any atom is 0.169 e. The summed E-state index contributed by atoms with van der Waals surface area (Å²) in [4.78, 5) is 12.5. The fourth-order valence-electron chi connectivity index (χ4n) is 2.09. The Kier molecular flexibility index (Phi) is 2.28. The predicted molar refractivity (Wildman–Crippen MR) is 71.6 cm³/mol. The molecule has 0 amide bonds. The summed E-state index contributed by atoms with van der Waals surface area (Å²) >= 11 is 0. The summed E-state index contributed by atoms with van der Waals surface area (Å²) in [6.07, 6.45) is 6.30. The molecule has 4 aromatic rings. The summed E-state index contributed by atoms with van der Waals surface area (Å²) in [5.74, 6) is 0.662. The van der Waals surface area contributed by atoms with Gasteiger partial charge >= 0.3 is 0 Å². The molecule has 0 aliphatic carbocycles. The third-order valence-electron chi connectivity index (χ3n) is 2.98. The van der Waals surface area contributed by atoms with Crippen LogP contribution in [0.2, 0.25) is 0 Å². The third-order valence-corrected chi connectivity index (χ3v) is 2.98. The lowest BCUT2D eigenvalue weighted by Gasteiger charge is -2.03. The number of hydrogen-bond acceptors (Lipinski definition) is 5. The van der Waals surface area contributed by atoms with Gasteiger partial charge in [-0.15, -0.1) is 0 Å². The molecule has 0 saturated heterocycles. The van der Waals surface area contributed by atoms with E-state index < -0.39 is 0 Å². The highest BCUT2D eigenvalue weighted by Gasteiger charge is 2.12. The van der Waals surface area contributed by atoms with Crippen LogP contribution >= 0.6 is 0 Å². The quantitative estimate of drug-likeness (QED) is 0.546. The zero-order valence-electron chi connectivity index (χ0n) is 10.3. The van der Waals surface area contributed by atoms with Gasteiger partial charge < -0.3 is 0 Å². The fraction of sp³-hybridized carbons (Fsp3) is 0. The lowest BCUT2D eigenvalue weighted by Crippen LogP contribution is -2.01. The zero-order chi connectivity index (χ0) is 13.4. The Hall–Kier alpha value is -3.09. The molecule has 7 nitrogen and oxygen atoms in total. The zero-order valence-corrected chi connectivity index (χ0v) is 10.3. The van der Waals surface area contributed by atoms with Crippen LogP contribution in [-0.4, -0.2) is 34.5 Å². The van der Waals surface area contributed by atoms with Crippen LogP contribution in [0.4, 0.5) is 0 Å². The van der Waals surface area contributed by atoms with Gasteiger partial charge in [0.25, 0.3) is 0 Å². The molecule has 4 rings (SSSR count). The number of benzene rings is 1. The smallest absolute Gasteiger partial charge is 0.169 e. The number of para-hydroxylation sites is 1. The molecule has 0 N–H and O–H groups in total. The van der Waals surface area contributed by atoms with Gasteiger partial charge in [-0.2, -0.15) is 10.2 Å². The van der Waals surface area contributed by atoms with E-state index in [0.29, 0.717) is 5.82 Å². The first-order valence-corrected chi connectivity index (χ1v) is 6.02. The Morgan fingerprint density at radius 3 is 2.60 bits per heavy atom. The summed E-state index contributed by atoms with van der Waals surface area (Å²) in [7, 11) is 0. The maximum absolute atomic E-state index is 4.39. The summed E-state index contributed by atoms with van der Waals surface area (Å²) in [6.45, 7) is 0. The second-order valence-corrected chi connectivity index (χ2v) is 4.17. The predicted octanol–water partition coefficient (Wildman–Crippen LogP) is 1.40. The number of hydrogen-bond donors (Lipinski definition) is 0. The Balaban J connectivity index is 1.97. The molecule has 20 heavy (non-hydrogen) atoms. The molecule has 0 radical (unpaired) electrons. The highest BCUT2D eigenvalue weighted by molar-refractivity contribution is 5.82. The van der Waals surface area contributed by atoms with Crippen LogP contribution in [0.1, 0.15) is 0 Å². The van der Waals surface area contributed by atoms with E-state index >= 15 is 0 Å². The average Bonchev–Trinajstić information content (AvgIpc) is 3.17. The van der Waals surface area contributed by atoms with Crippen molar-refractivity contribution in [2.45, 2.75) is 0 Å². The van der Waals surface area contributed by atoms with Crippen LogP contribution in [0.15, 0.2) is 55.5 Å². The normalized spacial score (nSPS) is 11.0. The molecule has 0 spiro atoms. The lowest BCUT2D eigenvalue weighted by atomic mass is 10.3. The van der Waals surface area contributed by atoms with Crippen LogP contribution in [0.5, 0.6) is 0 Å². The van der Waals surface area contributed by atoms with Gasteiger partial charge in [-0.3, -0.25) is 0 Å². The van der Waals surface area contributed by atoms with Crippen molar-refractivity contribution < 1.29 is 0 Å². The Morgan fingerprint density at radius 1 is 0.900 bits per heavy atom. The van der Waals surface area contributed by atoms with Crippen molar-refractivity contribution in [3.8, 4) is 11.5 Å². The van der Waals surface area contributed by atoms with E-state index in [1.165, 1.54) is 12.7 Å². The lowest BCUT2D eigenvalue weighted by molar-refractivity contribution is 0.847. The third kappa shape index (κ3) is 1.57. The standard InChI is InChI=1S/C13H9N7/c1-2-4-10(5-3-1)20-13-11(6-17-20)12(15-8-16-13)19-9-14-7-18-19/h1-9H. The monoisotopic (exact) mass is 263 g/mol. The number of rotatable bonds is 2. The number of fused-ring (bicyclic) bond motifs is 1. The maximum atomic E-state index is 4.39. The van der Waals surface area contributed by atoms with E-state index in [0.717, 1.165) is 16.7 Å². The largest absolute Gasteiger partial charge is 0.223 e. The van der Waals surface area contributed by atoms with E-state index in [1.54, 1.807) is 21.9 Å². The van der Waals surface area contributed by atoms with Crippen molar-refractivity contribution in [2.24, 2.45) is 0 Å². The molecule has 0 fully saturated rings. The van der Waals surface area contributed by atoms with E-state index in [2.05, 4.69) is 25.1 Å². The Labute approximate surface area is 113 Å². The van der Waals surface area contributed by atoms with Gasteiger partial charge in [0, 0.05) is 0 Å². The van der Waals surface area contributed by atoms with Gasteiger partial charge in [-0.25, -0.2) is 24.3 Å². The SMILES string of the molecule is c1ccc(-n2ncc3c(-n4cncn4)ncnc32)cc1. The molecule has 0 bridgehead atoms. The number of nitrogens with zero attached hydrogens (tertiary/aromatic N) is 7. The number of aromatic nitrogens is 7. The van der Waals surface area contributed by atoms with E-state index in [9.17, 15) is 0 Å². The first kappa shape index (κ1) is 10.8. The highest BCUT2D eigenvalue weighted by Crippen LogP contribution is 2.19. The van der Waals surface area contributed by atoms with Gasteiger partial charge in [-0.05, 0) is 12.1 Å². The van der Waals surface area contributed by atoms with Crippen LogP contribution in [0.25, 0.3) is 22.5 Å². The molecule has 96 valence electrons. The van der Waals surface area contributed by atoms with Crippen molar-refractivity contribution in [1.29, 1.82) is 0 Å². The van der Waals surface area contributed by atoms with Gasteiger partial charge in [-0.1, -0.05) is 18.2 Å². The van der Waals surface area contributed by atoms with Crippen LogP contribution < -0.4 is 0 Å². The highest BCUT2D eigenvalue weighted by atomic mass is 15.4. The van der Waals surface area contributed by atoms with Crippen molar-refractivity contribution >= 4 is 11.0 Å². The van der Waals surface area contributed by atoms with Crippen LogP contribution in [0, 0.1) is 0 Å². The van der Waals surface area contributed by atoms with E-state index in [-0.39, 0.29) is 0 Å². The second-order valence-electron chi connectivity index (χ2n) is 4.17. The summed E-state index contributed by atoms with van der Waals surface area (Å²) < 4.78 is 3.37. The molecule has 0 atom stereocenters. The first-order valence-electron chi connectivity index (χ1n) is 6.02. The Morgan fingerprint density at radius 2 is 1.80 bits per heavy atom. The summed E-state index contributed by atoms with van der Waals surface area (Å²) in [6, 6.07) is 9.84. The van der Waals surface area contributed by atoms with Gasteiger partial charge in [0.15, 0.2) is 11.5 Å². The van der Waals surface area contributed by atoms with Crippen LogP contribution in [0.3, 0.4) is 0 Å². The molecule has 0 unspecified atom stereocenters. The van der Waals surface area contributed by atoms with Crippen molar-refractivity contribution in [3.05, 3.63) is 55.5 Å². The summed E-state index contributed by atoms with van der Waals surface area (Å²) in [5, 5.41) is 9.31. The topological polar surface area (TPSA) is 74.3 Å². The molecule has 3 aromatic heterocycles. The molecule has 0 aliphatic rings. The fourth-order valence-corrected chi connectivity index (χ4v) is 2.09.